The average Bonchev–Trinajstić information content (AvgIpc) is 3.06. The van der Waals surface area contributed by atoms with Gasteiger partial charge in [-0.3, -0.25) is 4.79 Å². The SMILES string of the molecule is NCc1nc(C(=O)N2CC3CCC(O)C3C2)cs1. The molecule has 18 heavy (non-hydrogen) atoms. The molecule has 2 heterocycles. The Bertz CT molecular complexity index is 462. The van der Waals surface area contributed by atoms with E-state index in [0.717, 1.165) is 24.4 Å². The monoisotopic (exact) mass is 267 g/mol. The lowest BCUT2D eigenvalue weighted by atomic mass is 10.00. The van der Waals surface area contributed by atoms with Crippen molar-refractivity contribution in [3.05, 3.63) is 16.1 Å². The number of aliphatic hydroxyl groups is 1. The molecule has 0 bridgehead atoms. The number of thiazole rings is 1. The van der Waals surface area contributed by atoms with Crippen molar-refractivity contribution in [2.24, 2.45) is 17.6 Å². The predicted octanol–water partition coefficient (Wildman–Crippen LogP) is 0.445. The Balaban J connectivity index is 1.71. The van der Waals surface area contributed by atoms with Gasteiger partial charge in [-0.05, 0) is 18.8 Å². The minimum atomic E-state index is -0.233. The minimum Gasteiger partial charge on any atom is -0.393 e. The van der Waals surface area contributed by atoms with Gasteiger partial charge in [0, 0.05) is 30.9 Å². The van der Waals surface area contributed by atoms with Crippen molar-refractivity contribution in [3.63, 3.8) is 0 Å². The summed E-state index contributed by atoms with van der Waals surface area (Å²) < 4.78 is 0. The van der Waals surface area contributed by atoms with E-state index in [2.05, 4.69) is 4.98 Å². The smallest absolute Gasteiger partial charge is 0.273 e. The van der Waals surface area contributed by atoms with E-state index in [1.54, 1.807) is 5.38 Å². The van der Waals surface area contributed by atoms with Crippen LogP contribution in [-0.2, 0) is 6.54 Å². The number of carbonyl (C=O) groups is 1. The third-order valence-electron chi connectivity index (χ3n) is 4.05. The number of nitrogens with zero attached hydrogens (tertiary/aromatic N) is 2. The van der Waals surface area contributed by atoms with Gasteiger partial charge in [0.2, 0.25) is 0 Å². The second kappa shape index (κ2) is 4.60. The molecule has 3 rings (SSSR count). The highest BCUT2D eigenvalue weighted by atomic mass is 32.1. The maximum Gasteiger partial charge on any atom is 0.273 e. The molecule has 2 aliphatic rings. The Hall–Kier alpha value is -0.980. The molecule has 1 aliphatic carbocycles. The van der Waals surface area contributed by atoms with Crippen LogP contribution in [0.2, 0.25) is 0 Å². The number of carbonyl (C=O) groups excluding carboxylic acids is 1. The number of hydrogen-bond donors (Lipinski definition) is 2. The van der Waals surface area contributed by atoms with Crippen LogP contribution in [0.1, 0.15) is 28.3 Å². The number of aromatic nitrogens is 1. The Morgan fingerprint density at radius 1 is 1.56 bits per heavy atom. The summed E-state index contributed by atoms with van der Waals surface area (Å²) in [6.45, 7) is 1.80. The molecule has 6 heteroatoms. The first-order chi connectivity index (χ1) is 8.69. The summed E-state index contributed by atoms with van der Waals surface area (Å²) in [6, 6.07) is 0. The molecule has 0 aromatic carbocycles. The molecule has 5 nitrogen and oxygen atoms in total. The summed E-state index contributed by atoms with van der Waals surface area (Å²) in [5, 5.41) is 12.4. The van der Waals surface area contributed by atoms with E-state index < -0.39 is 0 Å². The fourth-order valence-electron chi connectivity index (χ4n) is 3.07. The average molecular weight is 267 g/mol. The summed E-state index contributed by atoms with van der Waals surface area (Å²) >= 11 is 1.43. The van der Waals surface area contributed by atoms with Gasteiger partial charge in [0.1, 0.15) is 10.7 Å². The normalized spacial score (nSPS) is 30.8. The largest absolute Gasteiger partial charge is 0.393 e. The summed E-state index contributed by atoms with van der Waals surface area (Å²) in [5.74, 6) is 0.714. The van der Waals surface area contributed by atoms with E-state index in [-0.39, 0.29) is 17.9 Å². The van der Waals surface area contributed by atoms with Crippen LogP contribution >= 0.6 is 11.3 Å². The van der Waals surface area contributed by atoms with Gasteiger partial charge >= 0.3 is 0 Å². The molecule has 1 saturated carbocycles. The Morgan fingerprint density at radius 3 is 3.06 bits per heavy atom. The molecule has 1 aliphatic heterocycles. The minimum absolute atomic E-state index is 0.0208. The number of fused-ring (bicyclic) bond motifs is 1. The van der Waals surface area contributed by atoms with Crippen LogP contribution in [0.25, 0.3) is 0 Å². The van der Waals surface area contributed by atoms with Gasteiger partial charge in [0.05, 0.1) is 6.10 Å². The number of rotatable bonds is 2. The van der Waals surface area contributed by atoms with Crippen molar-refractivity contribution in [1.29, 1.82) is 0 Å². The second-order valence-corrected chi connectivity index (χ2v) is 6.05. The van der Waals surface area contributed by atoms with E-state index in [0.29, 0.717) is 24.7 Å². The molecule has 3 atom stereocenters. The van der Waals surface area contributed by atoms with Crippen molar-refractivity contribution < 1.29 is 9.90 Å². The zero-order valence-electron chi connectivity index (χ0n) is 10.1. The predicted molar refractivity (Wildman–Crippen MR) is 68.1 cm³/mol. The van der Waals surface area contributed by atoms with Crippen molar-refractivity contribution in [2.75, 3.05) is 13.1 Å². The standard InChI is InChI=1S/C12H17N3O2S/c13-3-11-14-9(6-18-11)12(17)15-4-7-1-2-10(16)8(7)5-15/h6-8,10,16H,1-5,13H2. The molecule has 1 amide bonds. The van der Waals surface area contributed by atoms with Crippen LogP contribution in [-0.4, -0.2) is 40.1 Å². The molecule has 0 radical (unpaired) electrons. The lowest BCUT2D eigenvalue weighted by Gasteiger charge is -2.17. The fraction of sp³-hybridized carbons (Fsp3) is 0.667. The molecule has 1 saturated heterocycles. The van der Waals surface area contributed by atoms with Gasteiger partial charge in [-0.2, -0.15) is 0 Å². The first-order valence-corrected chi connectivity index (χ1v) is 7.19. The van der Waals surface area contributed by atoms with Crippen molar-refractivity contribution in [3.8, 4) is 0 Å². The molecule has 98 valence electrons. The molecule has 1 aromatic rings. The fourth-order valence-corrected chi connectivity index (χ4v) is 3.72. The van der Waals surface area contributed by atoms with Crippen LogP contribution < -0.4 is 5.73 Å². The highest BCUT2D eigenvalue weighted by molar-refractivity contribution is 7.09. The highest BCUT2D eigenvalue weighted by Gasteiger charge is 2.43. The zero-order chi connectivity index (χ0) is 12.7. The number of amides is 1. The molecule has 2 fully saturated rings. The van der Waals surface area contributed by atoms with Crippen molar-refractivity contribution in [1.82, 2.24) is 9.88 Å². The Labute approximate surface area is 110 Å². The number of likely N-dealkylation sites (tertiary alicyclic amines) is 1. The first-order valence-electron chi connectivity index (χ1n) is 6.31. The van der Waals surface area contributed by atoms with E-state index in [4.69, 9.17) is 5.73 Å². The third kappa shape index (κ3) is 1.94. The van der Waals surface area contributed by atoms with Crippen molar-refractivity contribution in [2.45, 2.75) is 25.5 Å². The first kappa shape index (κ1) is 12.1. The van der Waals surface area contributed by atoms with E-state index in [9.17, 15) is 9.90 Å². The summed E-state index contributed by atoms with van der Waals surface area (Å²) in [7, 11) is 0. The van der Waals surface area contributed by atoms with Gasteiger partial charge in [0.15, 0.2) is 0 Å². The number of hydrogen-bond acceptors (Lipinski definition) is 5. The molecular formula is C12H17N3O2S. The van der Waals surface area contributed by atoms with E-state index in [1.807, 2.05) is 4.90 Å². The maximum absolute atomic E-state index is 12.3. The van der Waals surface area contributed by atoms with Gasteiger partial charge in [-0.25, -0.2) is 4.98 Å². The van der Waals surface area contributed by atoms with Gasteiger partial charge in [-0.15, -0.1) is 11.3 Å². The van der Waals surface area contributed by atoms with Crippen molar-refractivity contribution >= 4 is 17.2 Å². The maximum atomic E-state index is 12.3. The lowest BCUT2D eigenvalue weighted by Crippen LogP contribution is -2.31. The summed E-state index contributed by atoms with van der Waals surface area (Å²) in [4.78, 5) is 18.3. The van der Waals surface area contributed by atoms with E-state index in [1.165, 1.54) is 11.3 Å². The van der Waals surface area contributed by atoms with Crippen LogP contribution in [0.3, 0.4) is 0 Å². The van der Waals surface area contributed by atoms with Crippen LogP contribution in [0.5, 0.6) is 0 Å². The molecule has 3 unspecified atom stereocenters. The van der Waals surface area contributed by atoms with Gasteiger partial charge in [0.25, 0.3) is 5.91 Å². The van der Waals surface area contributed by atoms with Gasteiger partial charge < -0.3 is 15.7 Å². The molecular weight excluding hydrogens is 250 g/mol. The highest BCUT2D eigenvalue weighted by Crippen LogP contribution is 2.38. The third-order valence-corrected chi connectivity index (χ3v) is 4.92. The Morgan fingerprint density at radius 2 is 2.39 bits per heavy atom. The summed E-state index contributed by atoms with van der Waals surface area (Å²) in [6.07, 6.45) is 1.68. The second-order valence-electron chi connectivity index (χ2n) is 5.11. The van der Waals surface area contributed by atoms with E-state index >= 15 is 0 Å². The number of nitrogens with two attached hydrogens (primary N) is 1. The zero-order valence-corrected chi connectivity index (χ0v) is 10.9. The topological polar surface area (TPSA) is 79.5 Å². The molecule has 0 spiro atoms. The van der Waals surface area contributed by atoms with Gasteiger partial charge in [-0.1, -0.05) is 0 Å². The van der Waals surface area contributed by atoms with Crippen LogP contribution in [0.15, 0.2) is 5.38 Å². The summed E-state index contributed by atoms with van der Waals surface area (Å²) in [5.41, 5.74) is 5.99. The van der Waals surface area contributed by atoms with Crippen LogP contribution in [0, 0.1) is 11.8 Å². The van der Waals surface area contributed by atoms with Crippen LogP contribution in [0.4, 0.5) is 0 Å². The lowest BCUT2D eigenvalue weighted by molar-refractivity contribution is 0.0747. The molecule has 1 aromatic heterocycles. The number of aliphatic hydroxyl groups excluding tert-OH is 1. The quantitative estimate of drug-likeness (QED) is 0.815. The Kier molecular flexibility index (Phi) is 3.09. The molecule has 3 N–H and O–H groups in total.